The van der Waals surface area contributed by atoms with Crippen LogP contribution in [0.25, 0.3) is 0 Å². The highest BCUT2D eigenvalue weighted by Crippen LogP contribution is 2.17. The smallest absolute Gasteiger partial charge is 0.0168 e. The Bertz CT molecular complexity index is 319. The normalized spacial score (nSPS) is 13.6. The van der Waals surface area contributed by atoms with Crippen molar-refractivity contribution in [1.29, 1.82) is 0 Å². The third-order valence-electron chi connectivity index (χ3n) is 3.61. The molecule has 1 rings (SSSR count). The second-order valence-corrected chi connectivity index (χ2v) is 5.93. The average molecular weight is 248 g/mol. The van der Waals surface area contributed by atoms with Crippen LogP contribution in [0, 0.1) is 5.41 Å². The van der Waals surface area contributed by atoms with Crippen molar-refractivity contribution in [3.63, 3.8) is 0 Å². The summed E-state index contributed by atoms with van der Waals surface area (Å²) in [5.41, 5.74) is 7.88. The first-order chi connectivity index (χ1) is 8.53. The summed E-state index contributed by atoms with van der Waals surface area (Å²) in [6, 6.07) is 10.8. The molecule has 0 aliphatic carbocycles. The van der Waals surface area contributed by atoms with E-state index in [2.05, 4.69) is 56.4 Å². The Kier molecular flexibility index (Phi) is 6.37. The molecule has 1 atom stereocenters. The van der Waals surface area contributed by atoms with Crippen LogP contribution in [0.4, 0.5) is 0 Å². The van der Waals surface area contributed by atoms with E-state index in [4.69, 9.17) is 5.73 Å². The Morgan fingerprint density at radius 3 is 2.50 bits per heavy atom. The fraction of sp³-hybridized carbons (Fsp3) is 0.625. The molecule has 3 N–H and O–H groups in total. The van der Waals surface area contributed by atoms with E-state index in [0.717, 1.165) is 25.9 Å². The van der Waals surface area contributed by atoms with E-state index in [-0.39, 0.29) is 6.04 Å². The number of hydrogen-bond donors (Lipinski definition) is 2. The summed E-state index contributed by atoms with van der Waals surface area (Å²) in [6.07, 6.45) is 3.31. The van der Waals surface area contributed by atoms with Crippen molar-refractivity contribution in [3.8, 4) is 0 Å². The van der Waals surface area contributed by atoms with E-state index in [1.54, 1.807) is 0 Å². The number of benzene rings is 1. The van der Waals surface area contributed by atoms with Gasteiger partial charge in [0.2, 0.25) is 0 Å². The lowest BCUT2D eigenvalue weighted by atomic mass is 9.90. The maximum Gasteiger partial charge on any atom is 0.0168 e. The monoisotopic (exact) mass is 248 g/mol. The zero-order chi connectivity index (χ0) is 13.4. The molecule has 18 heavy (non-hydrogen) atoms. The van der Waals surface area contributed by atoms with Gasteiger partial charge in [-0.15, -0.1) is 0 Å². The van der Waals surface area contributed by atoms with Crippen LogP contribution in [-0.2, 0) is 6.42 Å². The molecule has 0 aromatic heterocycles. The van der Waals surface area contributed by atoms with Gasteiger partial charge in [0.05, 0.1) is 0 Å². The lowest BCUT2D eigenvalue weighted by Crippen LogP contribution is -2.38. The van der Waals surface area contributed by atoms with Gasteiger partial charge in [-0.3, -0.25) is 0 Å². The predicted molar refractivity (Wildman–Crippen MR) is 79.7 cm³/mol. The minimum Gasteiger partial charge on any atom is -0.327 e. The van der Waals surface area contributed by atoms with Crippen molar-refractivity contribution >= 4 is 0 Å². The first-order valence-electron chi connectivity index (χ1n) is 7.04. The van der Waals surface area contributed by atoms with Crippen LogP contribution in [0.1, 0.15) is 39.2 Å². The van der Waals surface area contributed by atoms with Crippen LogP contribution in [0.15, 0.2) is 30.3 Å². The molecule has 0 saturated carbocycles. The highest BCUT2D eigenvalue weighted by molar-refractivity contribution is 5.14. The zero-order valence-corrected chi connectivity index (χ0v) is 12.1. The molecule has 2 heteroatoms. The van der Waals surface area contributed by atoms with Crippen molar-refractivity contribution in [3.05, 3.63) is 35.9 Å². The predicted octanol–water partition coefficient (Wildman–Crippen LogP) is 2.97. The van der Waals surface area contributed by atoms with E-state index < -0.39 is 0 Å². The van der Waals surface area contributed by atoms with Crippen LogP contribution in [-0.4, -0.2) is 19.1 Å². The van der Waals surface area contributed by atoms with Crippen LogP contribution in [0.2, 0.25) is 0 Å². The number of hydrogen-bond acceptors (Lipinski definition) is 2. The van der Waals surface area contributed by atoms with Crippen molar-refractivity contribution in [1.82, 2.24) is 5.32 Å². The van der Waals surface area contributed by atoms with Crippen LogP contribution >= 0.6 is 0 Å². The Morgan fingerprint density at radius 1 is 1.22 bits per heavy atom. The van der Waals surface area contributed by atoms with Gasteiger partial charge in [0, 0.05) is 19.1 Å². The van der Waals surface area contributed by atoms with Gasteiger partial charge in [-0.2, -0.15) is 0 Å². The highest BCUT2D eigenvalue weighted by Gasteiger charge is 2.14. The third-order valence-corrected chi connectivity index (χ3v) is 3.61. The van der Waals surface area contributed by atoms with Gasteiger partial charge in [-0.05, 0) is 30.2 Å². The fourth-order valence-corrected chi connectivity index (χ4v) is 1.82. The maximum atomic E-state index is 6.13. The Morgan fingerprint density at radius 2 is 1.89 bits per heavy atom. The minimum atomic E-state index is 0.248. The molecule has 2 nitrogen and oxygen atoms in total. The molecule has 0 saturated heterocycles. The molecule has 102 valence electrons. The van der Waals surface area contributed by atoms with Gasteiger partial charge in [-0.1, -0.05) is 51.1 Å². The molecular weight excluding hydrogens is 220 g/mol. The average Bonchev–Trinajstić information content (AvgIpc) is 2.37. The van der Waals surface area contributed by atoms with E-state index in [9.17, 15) is 0 Å². The minimum absolute atomic E-state index is 0.248. The van der Waals surface area contributed by atoms with Gasteiger partial charge in [0.1, 0.15) is 0 Å². The second kappa shape index (κ2) is 7.55. The quantitative estimate of drug-likeness (QED) is 0.742. The summed E-state index contributed by atoms with van der Waals surface area (Å²) in [7, 11) is 0. The topological polar surface area (TPSA) is 38.0 Å². The molecule has 1 aromatic carbocycles. The Labute approximate surface area is 112 Å². The van der Waals surface area contributed by atoms with E-state index in [1.165, 1.54) is 12.0 Å². The third kappa shape index (κ3) is 6.18. The molecule has 0 radical (unpaired) electrons. The molecule has 0 unspecified atom stereocenters. The van der Waals surface area contributed by atoms with Gasteiger partial charge >= 0.3 is 0 Å². The Balaban J connectivity index is 2.16. The molecule has 0 heterocycles. The summed E-state index contributed by atoms with van der Waals surface area (Å²) >= 11 is 0. The first kappa shape index (κ1) is 15.2. The van der Waals surface area contributed by atoms with E-state index >= 15 is 0 Å². The van der Waals surface area contributed by atoms with Crippen LogP contribution < -0.4 is 11.1 Å². The molecule has 0 aliphatic heterocycles. The molecule has 0 aliphatic rings. The lowest BCUT2D eigenvalue weighted by molar-refractivity contribution is 0.323. The summed E-state index contributed by atoms with van der Waals surface area (Å²) in [5.74, 6) is 0. The van der Waals surface area contributed by atoms with E-state index in [1.807, 2.05) is 0 Å². The lowest BCUT2D eigenvalue weighted by Gasteiger charge is -2.24. The van der Waals surface area contributed by atoms with Crippen molar-refractivity contribution in [2.24, 2.45) is 11.1 Å². The fourth-order valence-electron chi connectivity index (χ4n) is 1.82. The summed E-state index contributed by atoms with van der Waals surface area (Å²) in [4.78, 5) is 0. The number of nitrogens with two attached hydrogens (primary N) is 1. The van der Waals surface area contributed by atoms with Gasteiger partial charge in [0.15, 0.2) is 0 Å². The maximum absolute atomic E-state index is 6.13. The van der Waals surface area contributed by atoms with Gasteiger partial charge in [-0.25, -0.2) is 0 Å². The molecular formula is C16H28N2. The molecule has 0 spiro atoms. The number of rotatable bonds is 8. The summed E-state index contributed by atoms with van der Waals surface area (Å²) in [6.45, 7) is 8.76. The van der Waals surface area contributed by atoms with Crippen LogP contribution in [0.5, 0.6) is 0 Å². The number of nitrogens with one attached hydrogen (secondary N) is 1. The Hall–Kier alpha value is -0.860. The zero-order valence-electron chi connectivity index (χ0n) is 12.1. The standard InChI is InChI=1S/C16H28N2/c1-4-16(2,3)13-18-12-15(17)11-10-14-8-6-5-7-9-14/h5-9,15,18H,4,10-13,17H2,1-3H3/t15-/m0/s1. The number of aryl methyl sites for hydroxylation is 1. The molecule has 0 bridgehead atoms. The van der Waals surface area contributed by atoms with Gasteiger partial charge in [0.25, 0.3) is 0 Å². The van der Waals surface area contributed by atoms with Gasteiger partial charge < -0.3 is 11.1 Å². The van der Waals surface area contributed by atoms with Crippen LogP contribution in [0.3, 0.4) is 0 Å². The van der Waals surface area contributed by atoms with E-state index in [0.29, 0.717) is 5.41 Å². The first-order valence-corrected chi connectivity index (χ1v) is 7.04. The van der Waals surface area contributed by atoms with Crippen molar-refractivity contribution in [2.45, 2.75) is 46.1 Å². The second-order valence-electron chi connectivity index (χ2n) is 5.93. The van der Waals surface area contributed by atoms with Crippen molar-refractivity contribution < 1.29 is 0 Å². The summed E-state index contributed by atoms with van der Waals surface area (Å²) in [5, 5.41) is 3.49. The molecule has 0 fully saturated rings. The largest absolute Gasteiger partial charge is 0.327 e. The molecule has 1 aromatic rings. The highest BCUT2D eigenvalue weighted by atomic mass is 14.9. The molecule has 0 amide bonds. The summed E-state index contributed by atoms with van der Waals surface area (Å²) < 4.78 is 0. The van der Waals surface area contributed by atoms with Crippen molar-refractivity contribution in [2.75, 3.05) is 13.1 Å². The SMILES string of the molecule is CCC(C)(C)CNC[C@@H](N)CCc1ccccc1.